The number of hydrogen-bond donors (Lipinski definition) is 3. The molecule has 2 bridgehead atoms. The summed E-state index contributed by atoms with van der Waals surface area (Å²) in [5.74, 6) is -0.735. The van der Waals surface area contributed by atoms with Gasteiger partial charge in [-0.1, -0.05) is 38.0 Å². The number of rotatable bonds is 14. The third-order valence-corrected chi connectivity index (χ3v) is 7.11. The molecule has 2 fully saturated rings. The molecule has 4 atom stereocenters. The summed E-state index contributed by atoms with van der Waals surface area (Å²) >= 11 is 0. The molecule has 0 aromatic heterocycles. The van der Waals surface area contributed by atoms with Crippen LogP contribution in [0.25, 0.3) is 0 Å². The minimum absolute atomic E-state index is 0.0460. The van der Waals surface area contributed by atoms with E-state index < -0.39 is 16.0 Å². The fraction of sp³-hybridized carbons (Fsp3) is 0.714. The number of amides is 1. The molecule has 0 spiro atoms. The maximum absolute atomic E-state index is 12.1. The van der Waals surface area contributed by atoms with E-state index in [1.807, 2.05) is 19.1 Å². The summed E-state index contributed by atoms with van der Waals surface area (Å²) in [5.41, 5.74) is 0. The second-order valence-corrected chi connectivity index (χ2v) is 9.88. The van der Waals surface area contributed by atoms with Crippen LogP contribution in [0, 0.1) is 11.8 Å². The number of carbonyl (C=O) groups excluding carboxylic acids is 1. The van der Waals surface area contributed by atoms with Crippen LogP contribution in [0.5, 0.6) is 0 Å². The maximum atomic E-state index is 12.1. The van der Waals surface area contributed by atoms with Crippen molar-refractivity contribution in [1.29, 1.82) is 0 Å². The van der Waals surface area contributed by atoms with E-state index in [-0.39, 0.29) is 36.3 Å². The molecular weight excluding hydrogens is 408 g/mol. The second-order valence-electron chi connectivity index (χ2n) is 7.95. The average molecular weight is 443 g/mol. The van der Waals surface area contributed by atoms with Crippen molar-refractivity contribution in [3.8, 4) is 0 Å². The molecule has 2 rings (SSSR count). The molecule has 0 aromatic carbocycles. The van der Waals surface area contributed by atoms with Gasteiger partial charge in [0.2, 0.25) is 15.9 Å². The molecule has 170 valence electrons. The van der Waals surface area contributed by atoms with E-state index in [0.29, 0.717) is 25.3 Å². The molecule has 2 aliphatic heterocycles. The van der Waals surface area contributed by atoms with Gasteiger partial charge >= 0.3 is 5.97 Å². The van der Waals surface area contributed by atoms with Gasteiger partial charge in [-0.05, 0) is 38.0 Å². The Labute approximate surface area is 179 Å². The van der Waals surface area contributed by atoms with Gasteiger partial charge in [-0.25, -0.2) is 17.9 Å². The van der Waals surface area contributed by atoms with Gasteiger partial charge in [-0.15, -0.1) is 0 Å². The van der Waals surface area contributed by atoms with Crippen molar-refractivity contribution in [2.45, 2.75) is 64.1 Å². The quantitative estimate of drug-likeness (QED) is 0.215. The predicted molar refractivity (Wildman–Crippen MR) is 114 cm³/mol. The smallest absolute Gasteiger partial charge is 0.327 e. The van der Waals surface area contributed by atoms with Crippen molar-refractivity contribution in [2.24, 2.45) is 11.8 Å². The van der Waals surface area contributed by atoms with E-state index in [9.17, 15) is 18.0 Å². The van der Waals surface area contributed by atoms with E-state index in [2.05, 4.69) is 10.0 Å². The van der Waals surface area contributed by atoms with E-state index in [1.165, 1.54) is 0 Å². The lowest BCUT2D eigenvalue weighted by atomic mass is 9.77. The topological polar surface area (TPSA) is 122 Å². The van der Waals surface area contributed by atoms with Crippen LogP contribution < -0.4 is 10.0 Å². The van der Waals surface area contributed by atoms with E-state index in [4.69, 9.17) is 9.84 Å². The lowest BCUT2D eigenvalue weighted by Crippen LogP contribution is -2.42. The van der Waals surface area contributed by atoms with E-state index in [1.54, 1.807) is 6.08 Å². The normalized spacial score (nSPS) is 26.0. The molecule has 8 nitrogen and oxygen atoms in total. The van der Waals surface area contributed by atoms with Crippen LogP contribution in [-0.2, 0) is 24.3 Å². The third-order valence-electron chi connectivity index (χ3n) is 5.70. The largest absolute Gasteiger partial charge is 0.478 e. The Hall–Kier alpha value is -1.71. The molecule has 0 aromatic rings. The van der Waals surface area contributed by atoms with E-state index in [0.717, 1.165) is 38.2 Å². The first-order valence-electron chi connectivity index (χ1n) is 10.8. The lowest BCUT2D eigenvalue weighted by Gasteiger charge is -2.27. The highest BCUT2D eigenvalue weighted by molar-refractivity contribution is 7.89. The molecule has 9 heteroatoms. The molecule has 0 aliphatic carbocycles. The average Bonchev–Trinajstić information content (AvgIpc) is 3.29. The SMILES string of the molecule is CCCCCS(=O)(=O)NCC(=O)NC[C@H]1[C@@H](CC=CCC=CC(=O)O)[C@H]2CC[C@@H]1O2. The summed E-state index contributed by atoms with van der Waals surface area (Å²) in [6.07, 6.45) is 12.8. The minimum Gasteiger partial charge on any atom is -0.478 e. The van der Waals surface area contributed by atoms with Gasteiger partial charge in [-0.2, -0.15) is 0 Å². The molecule has 0 unspecified atom stereocenters. The van der Waals surface area contributed by atoms with Gasteiger partial charge in [0.1, 0.15) is 0 Å². The van der Waals surface area contributed by atoms with Crippen LogP contribution in [0.4, 0.5) is 0 Å². The zero-order valence-corrected chi connectivity index (χ0v) is 18.4. The monoisotopic (exact) mass is 442 g/mol. The Balaban J connectivity index is 1.75. The number of fused-ring (bicyclic) bond motifs is 2. The summed E-state index contributed by atoms with van der Waals surface area (Å²) in [4.78, 5) is 22.6. The molecule has 2 aliphatic rings. The van der Waals surface area contributed by atoms with Crippen molar-refractivity contribution in [1.82, 2.24) is 10.0 Å². The zero-order chi connectivity index (χ0) is 22.0. The van der Waals surface area contributed by atoms with E-state index >= 15 is 0 Å². The van der Waals surface area contributed by atoms with Crippen molar-refractivity contribution in [2.75, 3.05) is 18.8 Å². The highest BCUT2D eigenvalue weighted by atomic mass is 32.2. The van der Waals surface area contributed by atoms with Crippen LogP contribution >= 0.6 is 0 Å². The number of unbranched alkanes of at least 4 members (excludes halogenated alkanes) is 2. The fourth-order valence-corrected chi connectivity index (χ4v) is 5.24. The summed E-state index contributed by atoms with van der Waals surface area (Å²) in [6.45, 7) is 2.23. The highest BCUT2D eigenvalue weighted by Crippen LogP contribution is 2.44. The highest BCUT2D eigenvalue weighted by Gasteiger charge is 2.47. The summed E-state index contributed by atoms with van der Waals surface area (Å²) in [5, 5.41) is 11.4. The molecule has 3 N–H and O–H groups in total. The van der Waals surface area contributed by atoms with Gasteiger partial charge in [0, 0.05) is 18.5 Å². The first-order valence-corrected chi connectivity index (χ1v) is 12.4. The first-order chi connectivity index (χ1) is 14.3. The summed E-state index contributed by atoms with van der Waals surface area (Å²) in [7, 11) is -3.42. The standard InChI is InChI=1S/C21H34N2O6S/c1-2-3-8-13-30(27,28)23-15-20(24)22-14-17-16(18-11-12-19(17)29-18)9-6-4-5-7-10-21(25)26/h4,6-7,10,16-19,23H,2-3,5,8-9,11-15H2,1H3,(H,22,24)(H,25,26)/t16-,17+,18-,19+/m1/s1. The summed E-state index contributed by atoms with van der Waals surface area (Å²) < 4.78 is 32.2. The number of allylic oxidation sites excluding steroid dienone is 3. The van der Waals surface area contributed by atoms with Crippen molar-refractivity contribution >= 4 is 21.9 Å². The lowest BCUT2D eigenvalue weighted by molar-refractivity contribution is -0.131. The molecule has 1 amide bonds. The van der Waals surface area contributed by atoms with Crippen molar-refractivity contribution < 1.29 is 27.9 Å². The number of ether oxygens (including phenoxy) is 1. The number of sulfonamides is 1. The third kappa shape index (κ3) is 8.20. The Morgan fingerprint density at radius 1 is 1.10 bits per heavy atom. The number of nitrogens with one attached hydrogen (secondary N) is 2. The predicted octanol–water partition coefficient (Wildman–Crippen LogP) is 1.98. The van der Waals surface area contributed by atoms with Crippen LogP contribution in [-0.4, -0.2) is 56.5 Å². The van der Waals surface area contributed by atoms with Crippen LogP contribution in [0.1, 0.15) is 51.9 Å². The molecule has 0 saturated carbocycles. The Bertz CT molecular complexity index is 734. The number of hydrogen-bond acceptors (Lipinski definition) is 5. The van der Waals surface area contributed by atoms with Crippen LogP contribution in [0.15, 0.2) is 24.3 Å². The first kappa shape index (κ1) is 24.6. The Morgan fingerprint density at radius 2 is 1.83 bits per heavy atom. The Kier molecular flexibility index (Phi) is 10.0. The van der Waals surface area contributed by atoms with Crippen LogP contribution in [0.3, 0.4) is 0 Å². The second kappa shape index (κ2) is 12.2. The van der Waals surface area contributed by atoms with Crippen LogP contribution in [0.2, 0.25) is 0 Å². The van der Waals surface area contributed by atoms with Crippen molar-refractivity contribution in [3.63, 3.8) is 0 Å². The summed E-state index contributed by atoms with van der Waals surface area (Å²) in [6, 6.07) is 0. The zero-order valence-electron chi connectivity index (χ0n) is 17.6. The molecule has 0 radical (unpaired) electrons. The van der Waals surface area contributed by atoms with Gasteiger partial charge < -0.3 is 15.2 Å². The van der Waals surface area contributed by atoms with Gasteiger partial charge in [0.05, 0.1) is 24.5 Å². The number of carbonyl (C=O) groups is 2. The molecular formula is C21H34N2O6S. The molecule has 2 heterocycles. The van der Waals surface area contributed by atoms with Gasteiger partial charge in [0.15, 0.2) is 0 Å². The molecule has 30 heavy (non-hydrogen) atoms. The Morgan fingerprint density at radius 3 is 2.53 bits per heavy atom. The fourth-order valence-electron chi connectivity index (χ4n) is 4.16. The number of aliphatic carboxylic acids is 1. The minimum atomic E-state index is -3.42. The number of carboxylic acids is 1. The maximum Gasteiger partial charge on any atom is 0.327 e. The van der Waals surface area contributed by atoms with Gasteiger partial charge in [0.25, 0.3) is 0 Å². The van der Waals surface area contributed by atoms with Gasteiger partial charge in [-0.3, -0.25) is 4.79 Å². The van der Waals surface area contributed by atoms with Crippen molar-refractivity contribution in [3.05, 3.63) is 24.3 Å². The molecule has 2 saturated heterocycles. The number of carboxylic acid groups (broad SMARTS) is 1.